The molecule has 0 atom stereocenters. The zero-order valence-corrected chi connectivity index (χ0v) is 17.7. The molecule has 0 saturated carbocycles. The topological polar surface area (TPSA) is 72.0 Å². The lowest BCUT2D eigenvalue weighted by Crippen LogP contribution is -2.49. The second-order valence-corrected chi connectivity index (χ2v) is 7.03. The summed E-state index contributed by atoms with van der Waals surface area (Å²) in [5.74, 6) is 1.46. The summed E-state index contributed by atoms with van der Waals surface area (Å²) in [6.07, 6.45) is 2.68. The quantitative estimate of drug-likeness (QED) is 0.622. The fourth-order valence-corrected chi connectivity index (χ4v) is 3.50. The normalized spacial score (nSPS) is 13.8. The minimum atomic E-state index is -0.363. The predicted molar refractivity (Wildman–Crippen MR) is 115 cm³/mol. The van der Waals surface area contributed by atoms with E-state index in [0.29, 0.717) is 57.8 Å². The number of aryl methyl sites for hydroxylation is 1. The summed E-state index contributed by atoms with van der Waals surface area (Å²) in [6.45, 7) is 7.44. The third kappa shape index (κ3) is 5.49. The number of carbonyl (C=O) groups excluding carboxylic acids is 2. The summed E-state index contributed by atoms with van der Waals surface area (Å²) in [5.41, 5.74) is 1.51. The average Bonchev–Trinajstić information content (AvgIpc) is 2.79. The van der Waals surface area contributed by atoms with Gasteiger partial charge in [-0.1, -0.05) is 18.2 Å². The van der Waals surface area contributed by atoms with E-state index in [1.165, 1.54) is 0 Å². The highest BCUT2D eigenvalue weighted by Gasteiger charge is 2.22. The first-order valence-electron chi connectivity index (χ1n) is 10.5. The van der Waals surface area contributed by atoms with Crippen molar-refractivity contribution in [2.45, 2.75) is 26.7 Å². The number of carbonyl (C=O) groups is 2. The maximum atomic E-state index is 12.7. The molecule has 1 fully saturated rings. The molecular formula is C23H29N3O4. The Labute approximate surface area is 177 Å². The summed E-state index contributed by atoms with van der Waals surface area (Å²) < 4.78 is 10.6. The molecule has 1 aromatic carbocycles. The number of pyridine rings is 1. The zero-order valence-electron chi connectivity index (χ0n) is 17.7. The van der Waals surface area contributed by atoms with Crippen LogP contribution in [0.25, 0.3) is 0 Å². The van der Waals surface area contributed by atoms with Crippen molar-refractivity contribution in [2.24, 2.45) is 0 Å². The monoisotopic (exact) mass is 411 g/mol. The highest BCUT2D eigenvalue weighted by atomic mass is 16.5. The molecule has 1 aliphatic heterocycles. The van der Waals surface area contributed by atoms with Crippen molar-refractivity contribution in [2.75, 3.05) is 44.3 Å². The van der Waals surface area contributed by atoms with E-state index in [1.54, 1.807) is 19.2 Å². The first kappa shape index (κ1) is 21.6. The number of ether oxygens (including phenoxy) is 2. The molecular weight excluding hydrogens is 382 g/mol. The Morgan fingerprint density at radius 1 is 1.00 bits per heavy atom. The van der Waals surface area contributed by atoms with Gasteiger partial charge in [-0.15, -0.1) is 0 Å². The molecule has 1 saturated heterocycles. The van der Waals surface area contributed by atoms with Gasteiger partial charge in [-0.3, -0.25) is 4.79 Å². The molecule has 1 amide bonds. The lowest BCUT2D eigenvalue weighted by atomic mass is 10.1. The fourth-order valence-electron chi connectivity index (χ4n) is 3.50. The van der Waals surface area contributed by atoms with Gasteiger partial charge in [0.2, 0.25) is 5.91 Å². The number of amides is 1. The van der Waals surface area contributed by atoms with E-state index in [0.717, 1.165) is 17.1 Å². The molecule has 30 heavy (non-hydrogen) atoms. The van der Waals surface area contributed by atoms with Gasteiger partial charge in [0.1, 0.15) is 11.6 Å². The van der Waals surface area contributed by atoms with Crippen LogP contribution in [-0.4, -0.2) is 61.2 Å². The summed E-state index contributed by atoms with van der Waals surface area (Å²) in [7, 11) is 0. The van der Waals surface area contributed by atoms with E-state index < -0.39 is 0 Å². The van der Waals surface area contributed by atoms with Crippen molar-refractivity contribution in [3.63, 3.8) is 0 Å². The van der Waals surface area contributed by atoms with Crippen LogP contribution in [0, 0.1) is 0 Å². The van der Waals surface area contributed by atoms with Crippen LogP contribution in [-0.2, 0) is 16.0 Å². The van der Waals surface area contributed by atoms with Crippen LogP contribution >= 0.6 is 0 Å². The first-order valence-corrected chi connectivity index (χ1v) is 10.5. The SMILES string of the molecule is CCOC(=O)c1ccc(N2CCN(C(=O)CCc3ccccc3OCC)CC2)nc1. The number of para-hydroxylation sites is 1. The predicted octanol–water partition coefficient (Wildman–Crippen LogP) is 2.94. The molecule has 1 aliphatic rings. The number of rotatable bonds is 8. The number of benzene rings is 1. The molecule has 1 aromatic heterocycles. The maximum absolute atomic E-state index is 12.7. The van der Waals surface area contributed by atoms with E-state index in [9.17, 15) is 9.59 Å². The summed E-state index contributed by atoms with van der Waals surface area (Å²) in [6, 6.07) is 11.4. The van der Waals surface area contributed by atoms with Crippen LogP contribution in [0.15, 0.2) is 42.6 Å². The number of piperazine rings is 1. The number of nitrogens with zero attached hydrogens (tertiary/aromatic N) is 3. The van der Waals surface area contributed by atoms with Crippen LogP contribution in [0.3, 0.4) is 0 Å². The van der Waals surface area contributed by atoms with E-state index in [-0.39, 0.29) is 11.9 Å². The summed E-state index contributed by atoms with van der Waals surface area (Å²) in [4.78, 5) is 32.8. The molecule has 7 heteroatoms. The summed E-state index contributed by atoms with van der Waals surface area (Å²) >= 11 is 0. The average molecular weight is 412 g/mol. The Morgan fingerprint density at radius 3 is 2.43 bits per heavy atom. The molecule has 2 heterocycles. The third-order valence-corrected chi connectivity index (χ3v) is 5.10. The smallest absolute Gasteiger partial charge is 0.339 e. The Morgan fingerprint density at radius 2 is 1.77 bits per heavy atom. The van der Waals surface area contributed by atoms with Gasteiger partial charge in [0.15, 0.2) is 0 Å². The molecule has 7 nitrogen and oxygen atoms in total. The molecule has 0 unspecified atom stereocenters. The number of hydrogen-bond donors (Lipinski definition) is 0. The minimum Gasteiger partial charge on any atom is -0.494 e. The van der Waals surface area contributed by atoms with Crippen molar-refractivity contribution in [1.29, 1.82) is 0 Å². The standard InChI is InChI=1S/C23H29N3O4/c1-3-29-20-8-6-5-7-18(20)10-12-22(27)26-15-13-25(14-16-26)21-11-9-19(17-24-21)23(28)30-4-2/h5-9,11,17H,3-4,10,12-16H2,1-2H3. The van der Waals surface area contributed by atoms with E-state index in [4.69, 9.17) is 9.47 Å². The highest BCUT2D eigenvalue weighted by molar-refractivity contribution is 5.89. The Balaban J connectivity index is 1.49. The number of anilines is 1. The molecule has 0 N–H and O–H groups in total. The Kier molecular flexibility index (Phi) is 7.65. The van der Waals surface area contributed by atoms with E-state index >= 15 is 0 Å². The lowest BCUT2D eigenvalue weighted by molar-refractivity contribution is -0.131. The van der Waals surface area contributed by atoms with Crippen LogP contribution < -0.4 is 9.64 Å². The molecule has 0 spiro atoms. The van der Waals surface area contributed by atoms with Gasteiger partial charge in [0, 0.05) is 38.8 Å². The Bertz CT molecular complexity index is 846. The van der Waals surface area contributed by atoms with Gasteiger partial charge >= 0.3 is 5.97 Å². The molecule has 0 bridgehead atoms. The largest absolute Gasteiger partial charge is 0.494 e. The van der Waals surface area contributed by atoms with Crippen LogP contribution in [0.5, 0.6) is 5.75 Å². The second kappa shape index (κ2) is 10.6. The van der Waals surface area contributed by atoms with Crippen molar-refractivity contribution in [1.82, 2.24) is 9.88 Å². The number of esters is 1. The number of hydrogen-bond acceptors (Lipinski definition) is 6. The first-order chi connectivity index (χ1) is 14.6. The van der Waals surface area contributed by atoms with Crippen molar-refractivity contribution < 1.29 is 19.1 Å². The van der Waals surface area contributed by atoms with Gasteiger partial charge in [0.25, 0.3) is 0 Å². The van der Waals surface area contributed by atoms with Crippen LogP contribution in [0.1, 0.15) is 36.2 Å². The maximum Gasteiger partial charge on any atom is 0.339 e. The molecule has 0 aliphatic carbocycles. The molecule has 2 aromatic rings. The molecule has 3 rings (SSSR count). The minimum absolute atomic E-state index is 0.159. The van der Waals surface area contributed by atoms with Crippen molar-refractivity contribution in [3.05, 3.63) is 53.7 Å². The zero-order chi connectivity index (χ0) is 21.3. The van der Waals surface area contributed by atoms with Gasteiger partial charge in [-0.2, -0.15) is 0 Å². The fraction of sp³-hybridized carbons (Fsp3) is 0.435. The van der Waals surface area contributed by atoms with E-state index in [2.05, 4.69) is 9.88 Å². The van der Waals surface area contributed by atoms with Crippen LogP contribution in [0.2, 0.25) is 0 Å². The highest BCUT2D eigenvalue weighted by Crippen LogP contribution is 2.20. The third-order valence-electron chi connectivity index (χ3n) is 5.10. The summed E-state index contributed by atoms with van der Waals surface area (Å²) in [5, 5.41) is 0. The number of aromatic nitrogens is 1. The van der Waals surface area contributed by atoms with Gasteiger partial charge in [-0.05, 0) is 44.0 Å². The van der Waals surface area contributed by atoms with Gasteiger partial charge < -0.3 is 19.3 Å². The van der Waals surface area contributed by atoms with Gasteiger partial charge in [0.05, 0.1) is 18.8 Å². The van der Waals surface area contributed by atoms with Crippen molar-refractivity contribution in [3.8, 4) is 5.75 Å². The molecule has 160 valence electrons. The molecule has 0 radical (unpaired) electrons. The lowest BCUT2D eigenvalue weighted by Gasteiger charge is -2.35. The van der Waals surface area contributed by atoms with Crippen molar-refractivity contribution >= 4 is 17.7 Å². The van der Waals surface area contributed by atoms with E-state index in [1.807, 2.05) is 42.2 Å². The second-order valence-electron chi connectivity index (χ2n) is 7.03. The Hall–Kier alpha value is -3.09. The van der Waals surface area contributed by atoms with Crippen LogP contribution in [0.4, 0.5) is 5.82 Å². The van der Waals surface area contributed by atoms with Gasteiger partial charge in [-0.25, -0.2) is 9.78 Å².